The van der Waals surface area contributed by atoms with E-state index in [-0.39, 0.29) is 5.91 Å². The van der Waals surface area contributed by atoms with Crippen molar-refractivity contribution >= 4 is 5.91 Å². The van der Waals surface area contributed by atoms with Gasteiger partial charge in [-0.3, -0.25) is 9.48 Å². The van der Waals surface area contributed by atoms with Crippen molar-refractivity contribution < 1.29 is 4.79 Å². The lowest BCUT2D eigenvalue weighted by molar-refractivity contribution is 0.0922. The highest BCUT2D eigenvalue weighted by Crippen LogP contribution is 2.17. The van der Waals surface area contributed by atoms with Crippen molar-refractivity contribution in [2.75, 3.05) is 0 Å². The average Bonchev–Trinajstić information content (AvgIpc) is 2.66. The van der Waals surface area contributed by atoms with Crippen LogP contribution in [-0.4, -0.2) is 26.9 Å². The molecule has 1 fully saturated rings. The number of amides is 1. The lowest BCUT2D eigenvalue weighted by Gasteiger charge is -2.22. The summed E-state index contributed by atoms with van der Waals surface area (Å²) in [6, 6.07) is 0.327. The maximum atomic E-state index is 11.7. The molecule has 5 heteroatoms. The molecule has 1 aliphatic rings. The van der Waals surface area contributed by atoms with Gasteiger partial charge in [0.15, 0.2) is 5.69 Å². The molecule has 0 atom stereocenters. The van der Waals surface area contributed by atoms with E-state index < -0.39 is 0 Å². The Morgan fingerprint density at radius 2 is 2.20 bits per heavy atom. The number of hydrogen-bond acceptors (Lipinski definition) is 3. The summed E-state index contributed by atoms with van der Waals surface area (Å²) in [7, 11) is 1.75. The quantitative estimate of drug-likeness (QED) is 0.784. The predicted molar refractivity (Wildman–Crippen MR) is 55.3 cm³/mol. The van der Waals surface area contributed by atoms with Gasteiger partial charge < -0.3 is 5.32 Å². The van der Waals surface area contributed by atoms with Gasteiger partial charge in [-0.25, -0.2) is 0 Å². The zero-order valence-corrected chi connectivity index (χ0v) is 8.94. The average molecular weight is 208 g/mol. The van der Waals surface area contributed by atoms with Crippen LogP contribution in [0, 0.1) is 0 Å². The zero-order valence-electron chi connectivity index (χ0n) is 8.94. The van der Waals surface area contributed by atoms with Gasteiger partial charge in [-0.2, -0.15) is 0 Å². The van der Waals surface area contributed by atoms with E-state index in [1.54, 1.807) is 13.2 Å². The van der Waals surface area contributed by atoms with E-state index in [1.807, 2.05) is 0 Å². The summed E-state index contributed by atoms with van der Waals surface area (Å²) in [6.07, 6.45) is 7.53. The second-order valence-corrected chi connectivity index (χ2v) is 4.09. The summed E-state index contributed by atoms with van der Waals surface area (Å²) < 4.78 is 1.54. The van der Waals surface area contributed by atoms with E-state index in [4.69, 9.17) is 0 Å². The molecule has 0 aromatic carbocycles. The second-order valence-electron chi connectivity index (χ2n) is 4.09. The molecule has 1 aromatic heterocycles. The van der Waals surface area contributed by atoms with Crippen molar-refractivity contribution in [3.63, 3.8) is 0 Å². The summed E-state index contributed by atoms with van der Waals surface area (Å²) in [5.74, 6) is -0.102. The van der Waals surface area contributed by atoms with Gasteiger partial charge in [0.05, 0.1) is 6.20 Å². The standard InChI is InChI=1S/C10H16N4O/c1-14-7-9(12-13-14)10(15)11-8-5-3-2-4-6-8/h7-8H,2-6H2,1H3,(H,11,15). The maximum Gasteiger partial charge on any atom is 0.273 e. The minimum atomic E-state index is -0.102. The van der Waals surface area contributed by atoms with Crippen LogP contribution in [0.1, 0.15) is 42.6 Å². The summed E-state index contributed by atoms with van der Waals surface area (Å²) in [4.78, 5) is 11.7. The lowest BCUT2D eigenvalue weighted by Crippen LogP contribution is -2.36. The third-order valence-corrected chi connectivity index (χ3v) is 2.78. The van der Waals surface area contributed by atoms with Gasteiger partial charge in [0, 0.05) is 13.1 Å². The van der Waals surface area contributed by atoms with Crippen LogP contribution in [0.3, 0.4) is 0 Å². The Hall–Kier alpha value is -1.39. The van der Waals surface area contributed by atoms with Gasteiger partial charge in [0.1, 0.15) is 0 Å². The molecule has 1 aliphatic carbocycles. The van der Waals surface area contributed by atoms with E-state index in [1.165, 1.54) is 23.9 Å². The second kappa shape index (κ2) is 4.42. The molecular formula is C10H16N4O. The molecule has 0 aliphatic heterocycles. The Labute approximate surface area is 88.9 Å². The topological polar surface area (TPSA) is 59.8 Å². The number of rotatable bonds is 2. The van der Waals surface area contributed by atoms with Crippen LogP contribution in [0.2, 0.25) is 0 Å². The maximum absolute atomic E-state index is 11.7. The Morgan fingerprint density at radius 3 is 2.80 bits per heavy atom. The number of nitrogens with one attached hydrogen (secondary N) is 1. The van der Waals surface area contributed by atoms with Crippen molar-refractivity contribution in [2.24, 2.45) is 7.05 Å². The third kappa shape index (κ3) is 2.55. The van der Waals surface area contributed by atoms with Crippen LogP contribution in [0.4, 0.5) is 0 Å². The lowest BCUT2D eigenvalue weighted by atomic mass is 9.95. The van der Waals surface area contributed by atoms with Crippen LogP contribution in [-0.2, 0) is 7.05 Å². The fourth-order valence-corrected chi connectivity index (χ4v) is 1.96. The minimum absolute atomic E-state index is 0.102. The molecular weight excluding hydrogens is 192 g/mol. The van der Waals surface area contributed by atoms with Crippen LogP contribution in [0.15, 0.2) is 6.20 Å². The van der Waals surface area contributed by atoms with E-state index in [0.717, 1.165) is 12.8 Å². The van der Waals surface area contributed by atoms with Crippen molar-refractivity contribution in [3.05, 3.63) is 11.9 Å². The molecule has 0 radical (unpaired) electrons. The summed E-state index contributed by atoms with van der Waals surface area (Å²) in [5.41, 5.74) is 0.406. The predicted octanol–water partition coefficient (Wildman–Crippen LogP) is 0.878. The molecule has 15 heavy (non-hydrogen) atoms. The van der Waals surface area contributed by atoms with Crippen molar-refractivity contribution in [3.8, 4) is 0 Å². The van der Waals surface area contributed by atoms with Gasteiger partial charge in [-0.05, 0) is 12.8 Å². The molecule has 1 heterocycles. The number of hydrogen-bond donors (Lipinski definition) is 1. The highest BCUT2D eigenvalue weighted by Gasteiger charge is 2.17. The molecule has 5 nitrogen and oxygen atoms in total. The Balaban J connectivity index is 1.91. The monoisotopic (exact) mass is 208 g/mol. The van der Waals surface area contributed by atoms with Crippen LogP contribution in [0.25, 0.3) is 0 Å². The van der Waals surface area contributed by atoms with Crippen LogP contribution >= 0.6 is 0 Å². The zero-order chi connectivity index (χ0) is 10.7. The summed E-state index contributed by atoms with van der Waals surface area (Å²) in [5, 5.41) is 10.5. The van der Waals surface area contributed by atoms with Gasteiger partial charge in [-0.15, -0.1) is 5.10 Å². The molecule has 82 valence electrons. The SMILES string of the molecule is Cn1cc(C(=O)NC2CCCCC2)nn1. The number of nitrogens with zero attached hydrogens (tertiary/aromatic N) is 3. The fraction of sp³-hybridized carbons (Fsp3) is 0.700. The van der Waals surface area contributed by atoms with E-state index in [9.17, 15) is 4.79 Å². The Kier molecular flexibility index (Phi) is 2.99. The van der Waals surface area contributed by atoms with E-state index >= 15 is 0 Å². The fourth-order valence-electron chi connectivity index (χ4n) is 1.96. The highest BCUT2D eigenvalue weighted by atomic mass is 16.2. The molecule has 1 saturated carbocycles. The summed E-state index contributed by atoms with van der Waals surface area (Å²) >= 11 is 0. The van der Waals surface area contributed by atoms with Gasteiger partial charge in [0.25, 0.3) is 5.91 Å². The molecule has 0 saturated heterocycles. The smallest absolute Gasteiger partial charge is 0.273 e. The first-order chi connectivity index (χ1) is 7.25. The van der Waals surface area contributed by atoms with Gasteiger partial charge in [0.2, 0.25) is 0 Å². The number of carbonyl (C=O) groups excluding carboxylic acids is 1. The summed E-state index contributed by atoms with van der Waals surface area (Å²) in [6.45, 7) is 0. The first-order valence-electron chi connectivity index (χ1n) is 5.43. The molecule has 0 unspecified atom stereocenters. The molecule has 0 spiro atoms. The molecule has 2 rings (SSSR count). The first-order valence-corrected chi connectivity index (χ1v) is 5.43. The highest BCUT2D eigenvalue weighted by molar-refractivity contribution is 5.92. The molecule has 1 amide bonds. The van der Waals surface area contributed by atoms with Crippen molar-refractivity contribution in [2.45, 2.75) is 38.1 Å². The molecule has 1 aromatic rings. The third-order valence-electron chi connectivity index (χ3n) is 2.78. The first kappa shape index (κ1) is 10.1. The Morgan fingerprint density at radius 1 is 1.47 bits per heavy atom. The normalized spacial score (nSPS) is 17.7. The van der Waals surface area contributed by atoms with E-state index in [2.05, 4.69) is 15.6 Å². The van der Waals surface area contributed by atoms with E-state index in [0.29, 0.717) is 11.7 Å². The molecule has 0 bridgehead atoms. The Bertz CT molecular complexity index is 341. The number of aryl methyl sites for hydroxylation is 1. The minimum Gasteiger partial charge on any atom is -0.348 e. The van der Waals surface area contributed by atoms with Gasteiger partial charge in [-0.1, -0.05) is 24.5 Å². The van der Waals surface area contributed by atoms with Crippen LogP contribution in [0.5, 0.6) is 0 Å². The van der Waals surface area contributed by atoms with Crippen LogP contribution < -0.4 is 5.32 Å². The van der Waals surface area contributed by atoms with Gasteiger partial charge >= 0.3 is 0 Å². The number of carbonyl (C=O) groups is 1. The molecule has 1 N–H and O–H groups in total. The largest absolute Gasteiger partial charge is 0.348 e. The number of aromatic nitrogens is 3. The van der Waals surface area contributed by atoms with Crippen molar-refractivity contribution in [1.82, 2.24) is 20.3 Å². The van der Waals surface area contributed by atoms with Crippen molar-refractivity contribution in [1.29, 1.82) is 0 Å².